The lowest BCUT2D eigenvalue weighted by Crippen LogP contribution is -2.40. The molecule has 3 nitrogen and oxygen atoms in total. The van der Waals surface area contributed by atoms with Crippen molar-refractivity contribution in [3.8, 4) is 0 Å². The first kappa shape index (κ1) is 10.3. The molecule has 1 aliphatic heterocycles. The summed E-state index contributed by atoms with van der Waals surface area (Å²) in [4.78, 5) is 6.37. The zero-order valence-corrected chi connectivity index (χ0v) is 8.53. The Bertz CT molecular complexity index is 181. The van der Waals surface area contributed by atoms with Gasteiger partial charge in [-0.1, -0.05) is 6.08 Å². The minimum atomic E-state index is 0.662. The normalized spacial score (nSPS) is 20.2. The summed E-state index contributed by atoms with van der Waals surface area (Å²) in [6.07, 6.45) is 8.11. The van der Waals surface area contributed by atoms with Crippen LogP contribution >= 0.6 is 0 Å². The number of nitrogens with zero attached hydrogens (tertiary/aromatic N) is 2. The van der Waals surface area contributed by atoms with Crippen molar-refractivity contribution in [1.29, 1.82) is 0 Å². The second-order valence-corrected chi connectivity index (χ2v) is 3.39. The van der Waals surface area contributed by atoms with Gasteiger partial charge >= 0.3 is 0 Å². The number of nitrogens with one attached hydrogen (secondary N) is 1. The molecule has 0 aromatic carbocycles. The summed E-state index contributed by atoms with van der Waals surface area (Å²) in [5, 5.41) is 3.35. The van der Waals surface area contributed by atoms with Crippen LogP contribution in [0.5, 0.6) is 0 Å². The van der Waals surface area contributed by atoms with Gasteiger partial charge in [-0.05, 0) is 32.9 Å². The zero-order chi connectivity index (χ0) is 9.52. The fourth-order valence-electron chi connectivity index (χ4n) is 1.54. The van der Waals surface area contributed by atoms with Gasteiger partial charge in [0.1, 0.15) is 0 Å². The standard InChI is InChI=1S/C10H19N3/c1-3-6-12-9-13(2)10-4-7-11-8-5-10/h3,6,9-11H,4-5,7-8H2,1-2H3/b6-3+,12-9?. The third kappa shape index (κ3) is 3.59. The molecule has 0 aliphatic carbocycles. The van der Waals surface area contributed by atoms with Crippen molar-refractivity contribution in [1.82, 2.24) is 10.2 Å². The summed E-state index contributed by atoms with van der Waals surface area (Å²) in [6, 6.07) is 0.662. The van der Waals surface area contributed by atoms with E-state index in [1.807, 2.05) is 25.5 Å². The van der Waals surface area contributed by atoms with Gasteiger partial charge < -0.3 is 10.2 Å². The highest BCUT2D eigenvalue weighted by Gasteiger charge is 2.14. The second-order valence-electron chi connectivity index (χ2n) is 3.39. The zero-order valence-electron chi connectivity index (χ0n) is 8.53. The number of aliphatic imine (C=N–C) groups is 1. The lowest BCUT2D eigenvalue weighted by Gasteiger charge is -2.29. The molecule has 1 saturated heterocycles. The molecule has 0 spiro atoms. The lowest BCUT2D eigenvalue weighted by atomic mass is 10.1. The molecule has 1 rings (SSSR count). The molecule has 0 amide bonds. The Morgan fingerprint density at radius 1 is 1.38 bits per heavy atom. The summed E-state index contributed by atoms with van der Waals surface area (Å²) in [7, 11) is 2.10. The van der Waals surface area contributed by atoms with Gasteiger partial charge in [0.05, 0.1) is 6.34 Å². The first-order valence-electron chi connectivity index (χ1n) is 4.91. The van der Waals surface area contributed by atoms with E-state index < -0.39 is 0 Å². The molecule has 1 aliphatic rings. The summed E-state index contributed by atoms with van der Waals surface area (Å²) in [5.74, 6) is 0. The highest BCUT2D eigenvalue weighted by atomic mass is 15.2. The van der Waals surface area contributed by atoms with Crippen molar-refractivity contribution in [2.24, 2.45) is 4.99 Å². The van der Waals surface area contributed by atoms with Crippen LogP contribution in [0.15, 0.2) is 17.3 Å². The molecule has 13 heavy (non-hydrogen) atoms. The van der Waals surface area contributed by atoms with Gasteiger partial charge in [0.15, 0.2) is 0 Å². The fourth-order valence-corrected chi connectivity index (χ4v) is 1.54. The SMILES string of the molecule is C/C=C/N=CN(C)C1CCNCC1. The summed E-state index contributed by atoms with van der Waals surface area (Å²) < 4.78 is 0. The third-order valence-corrected chi connectivity index (χ3v) is 2.37. The van der Waals surface area contributed by atoms with E-state index >= 15 is 0 Å². The van der Waals surface area contributed by atoms with E-state index in [0.29, 0.717) is 6.04 Å². The third-order valence-electron chi connectivity index (χ3n) is 2.37. The Labute approximate surface area is 80.5 Å². The van der Waals surface area contributed by atoms with Gasteiger partial charge in [-0.3, -0.25) is 0 Å². The Kier molecular flexibility index (Phi) is 4.54. The van der Waals surface area contributed by atoms with Crippen molar-refractivity contribution < 1.29 is 0 Å². The first-order valence-corrected chi connectivity index (χ1v) is 4.91. The molecule has 74 valence electrons. The Hall–Kier alpha value is -0.830. The van der Waals surface area contributed by atoms with Gasteiger partial charge in [-0.15, -0.1) is 0 Å². The van der Waals surface area contributed by atoms with Crippen LogP contribution in [-0.4, -0.2) is 37.4 Å². The van der Waals surface area contributed by atoms with E-state index in [0.717, 1.165) is 13.1 Å². The van der Waals surface area contributed by atoms with Gasteiger partial charge in [0.2, 0.25) is 0 Å². The van der Waals surface area contributed by atoms with Crippen LogP contribution in [0.1, 0.15) is 19.8 Å². The van der Waals surface area contributed by atoms with Gasteiger partial charge in [-0.2, -0.15) is 0 Å². The summed E-state index contributed by atoms with van der Waals surface area (Å²) >= 11 is 0. The monoisotopic (exact) mass is 181 g/mol. The van der Waals surface area contributed by atoms with E-state index in [1.165, 1.54) is 12.8 Å². The molecule has 1 N–H and O–H groups in total. The first-order chi connectivity index (χ1) is 6.34. The smallest absolute Gasteiger partial charge is 0.0904 e. The van der Waals surface area contributed by atoms with E-state index in [4.69, 9.17) is 0 Å². The number of rotatable bonds is 3. The number of hydrogen-bond acceptors (Lipinski definition) is 2. The van der Waals surface area contributed by atoms with Crippen LogP contribution in [0.2, 0.25) is 0 Å². The molecule has 0 aromatic rings. The Morgan fingerprint density at radius 3 is 2.69 bits per heavy atom. The molecule has 0 unspecified atom stereocenters. The quantitative estimate of drug-likeness (QED) is 0.524. The molecule has 0 atom stereocenters. The topological polar surface area (TPSA) is 27.6 Å². The predicted molar refractivity (Wildman–Crippen MR) is 57.0 cm³/mol. The van der Waals surface area contributed by atoms with Crippen LogP contribution in [0.4, 0.5) is 0 Å². The summed E-state index contributed by atoms with van der Waals surface area (Å²) in [6.45, 7) is 4.24. The number of piperidine rings is 1. The molecule has 1 fully saturated rings. The molecule has 0 radical (unpaired) electrons. The number of hydrogen-bond donors (Lipinski definition) is 1. The van der Waals surface area contributed by atoms with E-state index in [2.05, 4.69) is 22.3 Å². The highest BCUT2D eigenvalue weighted by Crippen LogP contribution is 2.07. The van der Waals surface area contributed by atoms with Crippen molar-refractivity contribution in [2.45, 2.75) is 25.8 Å². The largest absolute Gasteiger partial charge is 0.363 e. The highest BCUT2D eigenvalue weighted by molar-refractivity contribution is 5.55. The minimum Gasteiger partial charge on any atom is -0.363 e. The molecular weight excluding hydrogens is 162 g/mol. The maximum atomic E-state index is 4.16. The molecule has 0 aromatic heterocycles. The lowest BCUT2D eigenvalue weighted by molar-refractivity contribution is 0.295. The predicted octanol–water partition coefficient (Wildman–Crippen LogP) is 1.23. The average Bonchev–Trinajstić information content (AvgIpc) is 2.19. The van der Waals surface area contributed by atoms with E-state index in [-0.39, 0.29) is 0 Å². The minimum absolute atomic E-state index is 0.662. The van der Waals surface area contributed by atoms with Crippen LogP contribution in [0.3, 0.4) is 0 Å². The molecular formula is C10H19N3. The van der Waals surface area contributed by atoms with Crippen molar-refractivity contribution in [3.05, 3.63) is 12.3 Å². The van der Waals surface area contributed by atoms with Crippen LogP contribution in [0.25, 0.3) is 0 Å². The van der Waals surface area contributed by atoms with Crippen LogP contribution in [0, 0.1) is 0 Å². The van der Waals surface area contributed by atoms with Gasteiger partial charge in [0.25, 0.3) is 0 Å². The van der Waals surface area contributed by atoms with Gasteiger partial charge in [-0.25, -0.2) is 4.99 Å². The maximum Gasteiger partial charge on any atom is 0.0904 e. The van der Waals surface area contributed by atoms with Crippen molar-refractivity contribution in [2.75, 3.05) is 20.1 Å². The average molecular weight is 181 g/mol. The van der Waals surface area contributed by atoms with E-state index in [1.54, 1.807) is 0 Å². The summed E-state index contributed by atoms with van der Waals surface area (Å²) in [5.41, 5.74) is 0. The van der Waals surface area contributed by atoms with Crippen molar-refractivity contribution >= 4 is 6.34 Å². The Morgan fingerprint density at radius 2 is 2.08 bits per heavy atom. The maximum absolute atomic E-state index is 4.16. The van der Waals surface area contributed by atoms with Crippen molar-refractivity contribution in [3.63, 3.8) is 0 Å². The fraction of sp³-hybridized carbons (Fsp3) is 0.700. The van der Waals surface area contributed by atoms with Gasteiger partial charge in [0, 0.05) is 19.3 Å². The van der Waals surface area contributed by atoms with Crippen LogP contribution in [-0.2, 0) is 0 Å². The van der Waals surface area contributed by atoms with E-state index in [9.17, 15) is 0 Å². The molecule has 3 heteroatoms. The molecule has 0 saturated carbocycles. The molecule has 0 bridgehead atoms. The van der Waals surface area contributed by atoms with Crippen LogP contribution < -0.4 is 5.32 Å². The second kappa shape index (κ2) is 5.75. The Balaban J connectivity index is 2.32. The molecule has 1 heterocycles. The number of allylic oxidation sites excluding steroid dienone is 1.